The lowest BCUT2D eigenvalue weighted by molar-refractivity contribution is 1.53. The molecule has 68 valence electrons. The molecular weight excluding hydrogens is 307 g/mol. The van der Waals surface area contributed by atoms with Crippen LogP contribution >= 0.6 is 34.1 Å². The highest BCUT2D eigenvalue weighted by Gasteiger charge is 2.01. The van der Waals surface area contributed by atoms with E-state index < -0.39 is 0 Å². The lowest BCUT2D eigenvalue weighted by atomic mass is 10.2. The molecule has 0 atom stereocenters. The van der Waals surface area contributed by atoms with Crippen LogP contribution in [0.2, 0.25) is 0 Å². The minimum absolute atomic E-state index is 1.01. The second kappa shape index (κ2) is 3.13. The van der Waals surface area contributed by atoms with Crippen molar-refractivity contribution in [3.8, 4) is 0 Å². The third-order valence-electron chi connectivity index (χ3n) is 2.10. The third-order valence-corrected chi connectivity index (χ3v) is 3.48. The van der Waals surface area contributed by atoms with Crippen molar-refractivity contribution in [2.24, 2.45) is 0 Å². The minimum atomic E-state index is 1.01. The quantitative estimate of drug-likeness (QED) is 0.594. The number of aromatic nitrogens is 2. The highest BCUT2D eigenvalue weighted by molar-refractivity contribution is 14.1. The van der Waals surface area contributed by atoms with E-state index in [9.17, 15) is 0 Å². The molecule has 1 aromatic carbocycles. The number of benzene rings is 1. The Kier molecular flexibility index (Phi) is 1.91. The summed E-state index contributed by atoms with van der Waals surface area (Å²) in [5.41, 5.74) is 1.04. The standard InChI is InChI=1S/C10H5IN2S/c11-8-1-2-9-6(4-8)3-7-5-12-14-10(7)13-9/h1-5H. The minimum Gasteiger partial charge on any atom is -0.235 e. The largest absolute Gasteiger partial charge is 0.235 e. The molecule has 4 heteroatoms. The van der Waals surface area contributed by atoms with Crippen molar-refractivity contribution in [1.29, 1.82) is 0 Å². The van der Waals surface area contributed by atoms with Crippen LogP contribution in [-0.2, 0) is 0 Å². The maximum atomic E-state index is 4.53. The summed E-state index contributed by atoms with van der Waals surface area (Å²) in [4.78, 5) is 5.54. The van der Waals surface area contributed by atoms with Gasteiger partial charge in [0.2, 0.25) is 0 Å². The molecule has 0 spiro atoms. The summed E-state index contributed by atoms with van der Waals surface area (Å²) in [6, 6.07) is 8.41. The molecule has 3 aromatic rings. The number of fused-ring (bicyclic) bond motifs is 2. The van der Waals surface area contributed by atoms with Crippen LogP contribution in [0.25, 0.3) is 21.1 Å². The van der Waals surface area contributed by atoms with Gasteiger partial charge >= 0.3 is 0 Å². The zero-order valence-corrected chi connectivity index (χ0v) is 10.0. The van der Waals surface area contributed by atoms with Crippen LogP contribution in [0.1, 0.15) is 0 Å². The summed E-state index contributed by atoms with van der Waals surface area (Å²) in [6.45, 7) is 0. The van der Waals surface area contributed by atoms with E-state index in [1.165, 1.54) is 20.5 Å². The molecule has 0 saturated heterocycles. The van der Waals surface area contributed by atoms with Gasteiger partial charge in [-0.1, -0.05) is 0 Å². The Morgan fingerprint density at radius 1 is 1.14 bits per heavy atom. The maximum Gasteiger partial charge on any atom is 0.144 e. The van der Waals surface area contributed by atoms with Crippen molar-refractivity contribution in [2.75, 3.05) is 0 Å². The van der Waals surface area contributed by atoms with Gasteiger partial charge in [-0.25, -0.2) is 4.98 Å². The fourth-order valence-corrected chi connectivity index (χ4v) is 2.58. The predicted molar refractivity (Wildman–Crippen MR) is 67.6 cm³/mol. The van der Waals surface area contributed by atoms with Gasteiger partial charge in [0.1, 0.15) is 4.83 Å². The first-order chi connectivity index (χ1) is 6.83. The maximum absolute atomic E-state index is 4.53. The number of halogens is 1. The first kappa shape index (κ1) is 8.55. The first-order valence-electron chi connectivity index (χ1n) is 4.14. The first-order valence-corrected chi connectivity index (χ1v) is 5.99. The van der Waals surface area contributed by atoms with Gasteiger partial charge in [-0.3, -0.25) is 0 Å². The van der Waals surface area contributed by atoms with Crippen LogP contribution in [0.15, 0.2) is 30.5 Å². The lowest BCUT2D eigenvalue weighted by Gasteiger charge is -1.97. The van der Waals surface area contributed by atoms with Crippen molar-refractivity contribution in [3.63, 3.8) is 0 Å². The molecule has 0 aliphatic heterocycles. The molecule has 0 bridgehead atoms. The van der Waals surface area contributed by atoms with Crippen molar-refractivity contribution < 1.29 is 0 Å². The van der Waals surface area contributed by atoms with E-state index in [0.717, 1.165) is 15.7 Å². The van der Waals surface area contributed by atoms with Crippen molar-refractivity contribution >= 4 is 55.2 Å². The molecule has 14 heavy (non-hydrogen) atoms. The smallest absolute Gasteiger partial charge is 0.144 e. The Bertz CT molecular complexity index is 618. The molecule has 2 heterocycles. The number of rotatable bonds is 0. The van der Waals surface area contributed by atoms with Crippen LogP contribution in [0, 0.1) is 3.57 Å². The molecule has 0 N–H and O–H groups in total. The SMILES string of the molecule is Ic1ccc2nc3sncc3cc2c1. The Balaban J connectivity index is 2.50. The fourth-order valence-electron chi connectivity index (χ4n) is 1.44. The summed E-state index contributed by atoms with van der Waals surface area (Å²) >= 11 is 3.75. The molecular formula is C10H5IN2S. The lowest BCUT2D eigenvalue weighted by Crippen LogP contribution is -1.79. The molecule has 0 fully saturated rings. The van der Waals surface area contributed by atoms with E-state index >= 15 is 0 Å². The average Bonchev–Trinajstić information content (AvgIpc) is 2.61. The number of pyridine rings is 1. The van der Waals surface area contributed by atoms with Crippen LogP contribution in [0.3, 0.4) is 0 Å². The van der Waals surface area contributed by atoms with E-state index in [1.54, 1.807) is 0 Å². The van der Waals surface area contributed by atoms with E-state index in [2.05, 4.69) is 56.2 Å². The van der Waals surface area contributed by atoms with Gasteiger partial charge in [0.25, 0.3) is 0 Å². The topological polar surface area (TPSA) is 25.8 Å². The number of hydrogen-bond acceptors (Lipinski definition) is 3. The summed E-state index contributed by atoms with van der Waals surface area (Å²) < 4.78 is 5.36. The van der Waals surface area contributed by atoms with Gasteiger partial charge in [-0.15, -0.1) is 0 Å². The van der Waals surface area contributed by atoms with Crippen LogP contribution in [0.4, 0.5) is 0 Å². The third kappa shape index (κ3) is 1.29. The molecule has 0 aliphatic rings. The van der Waals surface area contributed by atoms with Gasteiger partial charge < -0.3 is 0 Å². The molecule has 0 saturated carbocycles. The van der Waals surface area contributed by atoms with Crippen molar-refractivity contribution in [2.45, 2.75) is 0 Å². The molecule has 0 unspecified atom stereocenters. The molecule has 0 radical (unpaired) electrons. The normalized spacial score (nSPS) is 11.2. The average molecular weight is 312 g/mol. The Hall–Kier alpha value is -0.750. The van der Waals surface area contributed by atoms with E-state index in [0.29, 0.717) is 0 Å². The molecule has 2 aromatic heterocycles. The second-order valence-electron chi connectivity index (χ2n) is 3.05. The number of nitrogens with zero attached hydrogens (tertiary/aromatic N) is 2. The number of hydrogen-bond donors (Lipinski definition) is 0. The van der Waals surface area contributed by atoms with Crippen molar-refractivity contribution in [1.82, 2.24) is 9.36 Å². The van der Waals surface area contributed by atoms with E-state index in [1.807, 2.05) is 6.20 Å². The van der Waals surface area contributed by atoms with Gasteiger partial charge in [0.15, 0.2) is 0 Å². The zero-order chi connectivity index (χ0) is 9.54. The summed E-state index contributed by atoms with van der Waals surface area (Å²) in [5.74, 6) is 0. The second-order valence-corrected chi connectivity index (χ2v) is 5.07. The monoisotopic (exact) mass is 312 g/mol. The molecule has 2 nitrogen and oxygen atoms in total. The van der Waals surface area contributed by atoms with Crippen molar-refractivity contribution in [3.05, 3.63) is 34.0 Å². The van der Waals surface area contributed by atoms with Crippen LogP contribution in [0.5, 0.6) is 0 Å². The predicted octanol–water partition coefficient (Wildman–Crippen LogP) is 3.45. The van der Waals surface area contributed by atoms with Crippen LogP contribution < -0.4 is 0 Å². The van der Waals surface area contributed by atoms with Crippen LogP contribution in [-0.4, -0.2) is 9.36 Å². The zero-order valence-electron chi connectivity index (χ0n) is 7.07. The Morgan fingerprint density at radius 2 is 2.07 bits per heavy atom. The van der Waals surface area contributed by atoms with Gasteiger partial charge in [0.05, 0.1) is 11.7 Å². The summed E-state index contributed by atoms with van der Waals surface area (Å²) in [7, 11) is 0. The summed E-state index contributed by atoms with van der Waals surface area (Å²) in [5, 5.41) is 2.31. The van der Waals surface area contributed by atoms with E-state index in [-0.39, 0.29) is 0 Å². The highest BCUT2D eigenvalue weighted by Crippen LogP contribution is 2.22. The highest BCUT2D eigenvalue weighted by atomic mass is 127. The van der Waals surface area contributed by atoms with Gasteiger partial charge in [-0.05, 0) is 58.4 Å². The molecule has 0 aliphatic carbocycles. The Morgan fingerprint density at radius 3 is 3.00 bits per heavy atom. The summed E-state index contributed by atoms with van der Waals surface area (Å²) in [6.07, 6.45) is 1.87. The van der Waals surface area contributed by atoms with Gasteiger partial charge in [-0.2, -0.15) is 4.37 Å². The Labute approximate surface area is 98.3 Å². The van der Waals surface area contributed by atoms with Gasteiger partial charge in [0, 0.05) is 14.3 Å². The molecule has 0 amide bonds. The fraction of sp³-hybridized carbons (Fsp3) is 0. The molecule has 3 rings (SSSR count). The van der Waals surface area contributed by atoms with E-state index in [4.69, 9.17) is 0 Å².